The van der Waals surface area contributed by atoms with E-state index in [1.807, 2.05) is 27.7 Å². The molecule has 0 aromatic heterocycles. The van der Waals surface area contributed by atoms with Gasteiger partial charge in [0.2, 0.25) is 0 Å². The summed E-state index contributed by atoms with van der Waals surface area (Å²) in [6.45, 7) is 41.4. The molecule has 4 aliphatic rings. The Morgan fingerprint density at radius 3 is 1.59 bits per heavy atom. The zero-order valence-electron chi connectivity index (χ0n) is 29.8. The van der Waals surface area contributed by atoms with Crippen LogP contribution in [-0.2, 0) is 4.74 Å². The standard InChI is InChI=1S/C16H32N2O.C15H31N3.2C2H6/c1-13(2)15-5-7-17(8-6-15)11-16-12-18(14(3)4)9-10-19-16;1-4-16-7-5-15(6-8-16)13-17-9-11-18(12-10-17)14(2)3;2*1-2/h13-16H,5-12H2,1-4H3;14-15H,4-13H2,1-3H3;2*1-2H3. The van der Waals surface area contributed by atoms with E-state index in [1.165, 1.54) is 91.1 Å². The molecule has 0 aliphatic carbocycles. The molecule has 0 radical (unpaired) electrons. The molecule has 246 valence electrons. The minimum absolute atomic E-state index is 0.423. The van der Waals surface area contributed by atoms with Gasteiger partial charge >= 0.3 is 0 Å². The van der Waals surface area contributed by atoms with Gasteiger partial charge in [-0.25, -0.2) is 0 Å². The monoisotopic (exact) mass is 582 g/mol. The maximum atomic E-state index is 5.95. The van der Waals surface area contributed by atoms with Crippen molar-refractivity contribution in [3.05, 3.63) is 0 Å². The van der Waals surface area contributed by atoms with Gasteiger partial charge in [-0.15, -0.1) is 0 Å². The number of hydrogen-bond donors (Lipinski definition) is 0. The van der Waals surface area contributed by atoms with E-state index in [4.69, 9.17) is 4.74 Å². The summed E-state index contributed by atoms with van der Waals surface area (Å²) in [6, 6.07) is 1.37. The van der Waals surface area contributed by atoms with Crippen molar-refractivity contribution in [1.82, 2.24) is 24.5 Å². The quantitative estimate of drug-likeness (QED) is 0.336. The van der Waals surface area contributed by atoms with Crippen LogP contribution in [0.2, 0.25) is 0 Å². The van der Waals surface area contributed by atoms with Crippen molar-refractivity contribution in [2.45, 2.75) is 120 Å². The average Bonchev–Trinajstić information content (AvgIpc) is 3.00. The number of morpholine rings is 1. The number of nitrogens with zero attached hydrogens (tertiary/aromatic N) is 5. The van der Waals surface area contributed by atoms with Crippen molar-refractivity contribution in [3.8, 4) is 0 Å². The SMILES string of the molecule is CC.CC.CC(C)C1CCN(CC2CN(C(C)C)CCO2)CC1.CCN1CCC(CN2CCN(C(C)C)CC2)CC1. The first kappa shape index (κ1) is 38.8. The number of likely N-dealkylation sites (tertiary alicyclic amines) is 2. The second kappa shape index (κ2) is 22.3. The zero-order chi connectivity index (χ0) is 30.8. The summed E-state index contributed by atoms with van der Waals surface area (Å²) in [7, 11) is 0. The third-order valence-electron chi connectivity index (χ3n) is 9.75. The Labute approximate surface area is 258 Å². The number of piperidine rings is 2. The zero-order valence-corrected chi connectivity index (χ0v) is 29.8. The van der Waals surface area contributed by atoms with E-state index in [-0.39, 0.29) is 0 Å². The Kier molecular flexibility index (Phi) is 21.1. The molecule has 0 N–H and O–H groups in total. The Balaban J connectivity index is 0.000000366. The van der Waals surface area contributed by atoms with Gasteiger partial charge in [-0.3, -0.25) is 9.80 Å². The van der Waals surface area contributed by atoms with Crippen LogP contribution in [0.25, 0.3) is 0 Å². The van der Waals surface area contributed by atoms with Gasteiger partial charge in [0.05, 0.1) is 12.7 Å². The lowest BCUT2D eigenvalue weighted by Crippen LogP contribution is -2.50. The van der Waals surface area contributed by atoms with E-state index in [0.717, 1.165) is 50.0 Å². The van der Waals surface area contributed by atoms with E-state index in [9.17, 15) is 0 Å². The third kappa shape index (κ3) is 14.9. The lowest BCUT2D eigenvalue weighted by atomic mass is 9.86. The average molecular weight is 582 g/mol. The van der Waals surface area contributed by atoms with E-state index in [0.29, 0.717) is 12.1 Å². The fourth-order valence-electron chi connectivity index (χ4n) is 6.72. The van der Waals surface area contributed by atoms with Crippen molar-refractivity contribution in [2.75, 3.05) is 91.7 Å². The molecule has 0 saturated carbocycles. The Morgan fingerprint density at radius 2 is 1.10 bits per heavy atom. The molecule has 4 aliphatic heterocycles. The molecule has 0 amide bonds. The molecule has 1 atom stereocenters. The van der Waals surface area contributed by atoms with Crippen LogP contribution in [0.4, 0.5) is 0 Å². The van der Waals surface area contributed by atoms with E-state index < -0.39 is 0 Å². The van der Waals surface area contributed by atoms with Gasteiger partial charge < -0.3 is 19.4 Å². The molecule has 41 heavy (non-hydrogen) atoms. The lowest BCUT2D eigenvalue weighted by Gasteiger charge is -2.40. The van der Waals surface area contributed by atoms with Gasteiger partial charge in [0.25, 0.3) is 0 Å². The molecule has 0 spiro atoms. The van der Waals surface area contributed by atoms with Crippen LogP contribution in [-0.4, -0.2) is 134 Å². The van der Waals surface area contributed by atoms with Crippen LogP contribution in [0.3, 0.4) is 0 Å². The molecule has 4 fully saturated rings. The summed E-state index contributed by atoms with van der Waals surface area (Å²) in [5, 5.41) is 0. The molecule has 0 aromatic rings. The fourth-order valence-corrected chi connectivity index (χ4v) is 6.72. The van der Waals surface area contributed by atoms with Crippen LogP contribution in [0.1, 0.15) is 102 Å². The van der Waals surface area contributed by atoms with Crippen LogP contribution in [0.15, 0.2) is 0 Å². The third-order valence-corrected chi connectivity index (χ3v) is 9.75. The van der Waals surface area contributed by atoms with Crippen molar-refractivity contribution in [1.29, 1.82) is 0 Å². The highest BCUT2D eigenvalue weighted by molar-refractivity contribution is 4.81. The minimum Gasteiger partial charge on any atom is -0.374 e. The number of piperazine rings is 1. The van der Waals surface area contributed by atoms with Gasteiger partial charge in [-0.2, -0.15) is 0 Å². The van der Waals surface area contributed by atoms with Crippen molar-refractivity contribution >= 4 is 0 Å². The van der Waals surface area contributed by atoms with Crippen molar-refractivity contribution < 1.29 is 4.74 Å². The number of ether oxygens (including phenoxy) is 1. The molecule has 4 rings (SSSR count). The normalized spacial score (nSPS) is 24.9. The van der Waals surface area contributed by atoms with Crippen LogP contribution < -0.4 is 0 Å². The molecule has 1 unspecified atom stereocenters. The van der Waals surface area contributed by atoms with E-state index in [1.54, 1.807) is 0 Å². The van der Waals surface area contributed by atoms with Gasteiger partial charge in [0.15, 0.2) is 0 Å². The Hall–Kier alpha value is -0.240. The maximum Gasteiger partial charge on any atom is 0.0829 e. The molecule has 4 saturated heterocycles. The van der Waals surface area contributed by atoms with Gasteiger partial charge in [-0.1, -0.05) is 48.5 Å². The highest BCUT2D eigenvalue weighted by Crippen LogP contribution is 2.25. The number of rotatable bonds is 8. The van der Waals surface area contributed by atoms with E-state index >= 15 is 0 Å². The van der Waals surface area contributed by atoms with Crippen LogP contribution in [0, 0.1) is 17.8 Å². The first-order valence-corrected chi connectivity index (χ1v) is 18.0. The Bertz CT molecular complexity index is 591. The molecular formula is C35H75N5O. The van der Waals surface area contributed by atoms with Crippen LogP contribution in [0.5, 0.6) is 0 Å². The first-order valence-electron chi connectivity index (χ1n) is 18.0. The summed E-state index contributed by atoms with van der Waals surface area (Å²) < 4.78 is 5.95. The summed E-state index contributed by atoms with van der Waals surface area (Å²) in [4.78, 5) is 13.1. The molecule has 0 bridgehead atoms. The minimum atomic E-state index is 0.423. The fraction of sp³-hybridized carbons (Fsp3) is 1.00. The predicted molar refractivity (Wildman–Crippen MR) is 181 cm³/mol. The topological polar surface area (TPSA) is 25.4 Å². The maximum absolute atomic E-state index is 5.95. The highest BCUT2D eigenvalue weighted by atomic mass is 16.5. The summed E-state index contributed by atoms with van der Waals surface area (Å²) in [5.41, 5.74) is 0. The lowest BCUT2D eigenvalue weighted by molar-refractivity contribution is -0.0557. The predicted octanol–water partition coefficient (Wildman–Crippen LogP) is 6.26. The molecule has 6 nitrogen and oxygen atoms in total. The summed E-state index contributed by atoms with van der Waals surface area (Å²) in [5.74, 6) is 2.75. The Morgan fingerprint density at radius 1 is 0.585 bits per heavy atom. The second-order valence-corrected chi connectivity index (χ2v) is 13.3. The molecule has 6 heteroatoms. The molecule has 0 aromatic carbocycles. The number of hydrogen-bond acceptors (Lipinski definition) is 6. The van der Waals surface area contributed by atoms with Gasteiger partial charge in [0, 0.05) is 64.4 Å². The second-order valence-electron chi connectivity index (χ2n) is 13.3. The van der Waals surface area contributed by atoms with Crippen molar-refractivity contribution in [2.24, 2.45) is 17.8 Å². The highest BCUT2D eigenvalue weighted by Gasteiger charge is 2.27. The summed E-state index contributed by atoms with van der Waals surface area (Å²) >= 11 is 0. The first-order chi connectivity index (χ1) is 19.7. The molecular weight excluding hydrogens is 506 g/mol. The van der Waals surface area contributed by atoms with Gasteiger partial charge in [-0.05, 0) is 104 Å². The molecule has 4 heterocycles. The van der Waals surface area contributed by atoms with Crippen LogP contribution >= 0.6 is 0 Å². The largest absolute Gasteiger partial charge is 0.374 e. The smallest absolute Gasteiger partial charge is 0.0829 e. The van der Waals surface area contributed by atoms with Gasteiger partial charge in [0.1, 0.15) is 0 Å². The van der Waals surface area contributed by atoms with Crippen molar-refractivity contribution in [3.63, 3.8) is 0 Å². The summed E-state index contributed by atoms with van der Waals surface area (Å²) in [6.07, 6.45) is 6.00. The van der Waals surface area contributed by atoms with E-state index in [2.05, 4.69) is 73.0 Å².